The van der Waals surface area contributed by atoms with Gasteiger partial charge in [-0.15, -0.1) is 0 Å². The number of aryl methyl sites for hydroxylation is 1. The molecule has 7 heteroatoms. The Morgan fingerprint density at radius 1 is 1.08 bits per heavy atom. The molecule has 0 N–H and O–H groups in total. The van der Waals surface area contributed by atoms with E-state index in [4.69, 9.17) is 14.2 Å². The van der Waals surface area contributed by atoms with Crippen LogP contribution in [0.2, 0.25) is 0 Å². The van der Waals surface area contributed by atoms with Crippen LogP contribution in [-0.4, -0.2) is 46.1 Å². The van der Waals surface area contributed by atoms with E-state index in [2.05, 4.69) is 0 Å². The standard InChI is InChI=1S/C19H23NO5S/c1-15-3-8-19(23-2)16(13-15)14-25-17-4-6-18(7-5-17)26(21,22)20-9-11-24-12-10-20/h3-8,13H,9-12,14H2,1-2H3. The molecule has 0 saturated carbocycles. The van der Waals surface area contributed by atoms with Crippen molar-refractivity contribution in [1.29, 1.82) is 0 Å². The Labute approximate surface area is 154 Å². The molecule has 2 aromatic carbocycles. The monoisotopic (exact) mass is 377 g/mol. The predicted molar refractivity (Wildman–Crippen MR) is 98.1 cm³/mol. The van der Waals surface area contributed by atoms with Crippen LogP contribution in [0.5, 0.6) is 11.5 Å². The Morgan fingerprint density at radius 3 is 2.42 bits per heavy atom. The maximum atomic E-state index is 12.6. The molecule has 0 atom stereocenters. The molecular formula is C19H23NO5S. The lowest BCUT2D eigenvalue weighted by Gasteiger charge is -2.26. The van der Waals surface area contributed by atoms with Gasteiger partial charge in [0.25, 0.3) is 0 Å². The van der Waals surface area contributed by atoms with Gasteiger partial charge in [0, 0.05) is 18.7 Å². The van der Waals surface area contributed by atoms with Gasteiger partial charge in [0.1, 0.15) is 18.1 Å². The van der Waals surface area contributed by atoms with Crippen LogP contribution in [0, 0.1) is 6.92 Å². The average Bonchev–Trinajstić information content (AvgIpc) is 2.67. The molecular weight excluding hydrogens is 354 g/mol. The molecule has 6 nitrogen and oxygen atoms in total. The third-order valence-electron chi connectivity index (χ3n) is 4.26. The summed E-state index contributed by atoms with van der Waals surface area (Å²) >= 11 is 0. The number of sulfonamides is 1. The van der Waals surface area contributed by atoms with Gasteiger partial charge in [0.15, 0.2) is 0 Å². The van der Waals surface area contributed by atoms with Crippen molar-refractivity contribution in [3.8, 4) is 11.5 Å². The highest BCUT2D eigenvalue weighted by molar-refractivity contribution is 7.89. The number of hydrogen-bond donors (Lipinski definition) is 0. The normalized spacial score (nSPS) is 15.6. The Bertz CT molecular complexity index is 843. The van der Waals surface area contributed by atoms with Crippen LogP contribution in [0.15, 0.2) is 47.4 Å². The van der Waals surface area contributed by atoms with Gasteiger partial charge in [-0.3, -0.25) is 0 Å². The molecule has 3 rings (SSSR count). The van der Waals surface area contributed by atoms with Crippen LogP contribution < -0.4 is 9.47 Å². The maximum absolute atomic E-state index is 12.6. The van der Waals surface area contributed by atoms with Crippen LogP contribution in [0.4, 0.5) is 0 Å². The van der Waals surface area contributed by atoms with E-state index < -0.39 is 10.0 Å². The molecule has 1 heterocycles. The third-order valence-corrected chi connectivity index (χ3v) is 6.17. The van der Waals surface area contributed by atoms with Gasteiger partial charge in [-0.2, -0.15) is 4.31 Å². The van der Waals surface area contributed by atoms with Crippen molar-refractivity contribution in [2.24, 2.45) is 0 Å². The lowest BCUT2D eigenvalue weighted by Crippen LogP contribution is -2.40. The van der Waals surface area contributed by atoms with E-state index in [-0.39, 0.29) is 4.90 Å². The van der Waals surface area contributed by atoms with Gasteiger partial charge in [-0.25, -0.2) is 8.42 Å². The van der Waals surface area contributed by atoms with Crippen molar-refractivity contribution in [1.82, 2.24) is 4.31 Å². The van der Waals surface area contributed by atoms with Crippen molar-refractivity contribution >= 4 is 10.0 Å². The number of morpholine rings is 1. The molecule has 140 valence electrons. The summed E-state index contributed by atoms with van der Waals surface area (Å²) in [6, 6.07) is 12.4. The Hall–Kier alpha value is -2.09. The van der Waals surface area contributed by atoms with Gasteiger partial charge in [0.2, 0.25) is 10.0 Å². The number of ether oxygens (including phenoxy) is 3. The number of hydrogen-bond acceptors (Lipinski definition) is 5. The molecule has 0 spiro atoms. The molecule has 26 heavy (non-hydrogen) atoms. The zero-order valence-corrected chi connectivity index (χ0v) is 15.8. The topological polar surface area (TPSA) is 65.1 Å². The number of benzene rings is 2. The van der Waals surface area contributed by atoms with Crippen molar-refractivity contribution in [3.05, 3.63) is 53.6 Å². The van der Waals surface area contributed by atoms with Crippen molar-refractivity contribution in [2.75, 3.05) is 33.4 Å². The fraction of sp³-hybridized carbons (Fsp3) is 0.368. The zero-order valence-electron chi connectivity index (χ0n) is 15.0. The molecule has 2 aromatic rings. The zero-order chi connectivity index (χ0) is 18.6. The first kappa shape index (κ1) is 18.7. The number of nitrogens with zero attached hydrogens (tertiary/aromatic N) is 1. The maximum Gasteiger partial charge on any atom is 0.243 e. The first-order valence-corrected chi connectivity index (χ1v) is 9.89. The van der Waals surface area contributed by atoms with E-state index in [1.807, 2.05) is 25.1 Å². The smallest absolute Gasteiger partial charge is 0.243 e. The quantitative estimate of drug-likeness (QED) is 0.774. The van der Waals surface area contributed by atoms with E-state index >= 15 is 0 Å². The van der Waals surface area contributed by atoms with E-state index in [0.717, 1.165) is 16.9 Å². The molecule has 1 aliphatic heterocycles. The SMILES string of the molecule is COc1ccc(C)cc1COc1ccc(S(=O)(=O)N2CCOCC2)cc1. The summed E-state index contributed by atoms with van der Waals surface area (Å²) < 4.78 is 43.0. The Morgan fingerprint density at radius 2 is 1.77 bits per heavy atom. The van der Waals surface area contributed by atoms with Crippen molar-refractivity contribution in [3.63, 3.8) is 0 Å². The molecule has 1 fully saturated rings. The molecule has 1 saturated heterocycles. The Balaban J connectivity index is 1.69. The summed E-state index contributed by atoms with van der Waals surface area (Å²) in [4.78, 5) is 0.264. The minimum Gasteiger partial charge on any atom is -0.496 e. The van der Waals surface area contributed by atoms with Gasteiger partial charge in [0.05, 0.1) is 25.2 Å². The van der Waals surface area contributed by atoms with E-state index in [0.29, 0.717) is 38.7 Å². The second-order valence-corrected chi connectivity index (χ2v) is 8.03. The van der Waals surface area contributed by atoms with Gasteiger partial charge in [-0.05, 0) is 43.3 Å². The van der Waals surface area contributed by atoms with Crippen LogP contribution in [0.1, 0.15) is 11.1 Å². The minimum atomic E-state index is -3.48. The molecule has 0 aromatic heterocycles. The average molecular weight is 377 g/mol. The van der Waals surface area contributed by atoms with Crippen LogP contribution in [-0.2, 0) is 21.4 Å². The van der Waals surface area contributed by atoms with Crippen LogP contribution >= 0.6 is 0 Å². The number of rotatable bonds is 6. The lowest BCUT2D eigenvalue weighted by molar-refractivity contribution is 0.0730. The second kappa shape index (κ2) is 8.07. The lowest BCUT2D eigenvalue weighted by atomic mass is 10.1. The number of methoxy groups -OCH3 is 1. The van der Waals surface area contributed by atoms with Gasteiger partial charge >= 0.3 is 0 Å². The molecule has 0 radical (unpaired) electrons. The molecule has 0 unspecified atom stereocenters. The highest BCUT2D eigenvalue weighted by Gasteiger charge is 2.26. The summed E-state index contributed by atoms with van der Waals surface area (Å²) in [6.07, 6.45) is 0. The largest absolute Gasteiger partial charge is 0.496 e. The summed E-state index contributed by atoms with van der Waals surface area (Å²) in [5.74, 6) is 1.37. The van der Waals surface area contributed by atoms with Crippen LogP contribution in [0.25, 0.3) is 0 Å². The second-order valence-electron chi connectivity index (χ2n) is 6.09. The molecule has 0 bridgehead atoms. The van der Waals surface area contributed by atoms with E-state index in [1.54, 1.807) is 31.4 Å². The third kappa shape index (κ3) is 4.17. The summed E-state index contributed by atoms with van der Waals surface area (Å²) in [6.45, 7) is 3.98. The summed E-state index contributed by atoms with van der Waals surface area (Å²) in [7, 11) is -1.86. The fourth-order valence-corrected chi connectivity index (χ4v) is 4.23. The molecule has 0 aliphatic carbocycles. The highest BCUT2D eigenvalue weighted by Crippen LogP contribution is 2.24. The Kier molecular flexibility index (Phi) is 5.80. The fourth-order valence-electron chi connectivity index (χ4n) is 2.83. The summed E-state index contributed by atoms with van der Waals surface area (Å²) in [5.41, 5.74) is 2.06. The highest BCUT2D eigenvalue weighted by atomic mass is 32.2. The van der Waals surface area contributed by atoms with Crippen molar-refractivity contribution in [2.45, 2.75) is 18.4 Å². The van der Waals surface area contributed by atoms with E-state index in [1.165, 1.54) is 4.31 Å². The minimum absolute atomic E-state index is 0.264. The first-order valence-electron chi connectivity index (χ1n) is 8.45. The predicted octanol–water partition coefficient (Wildman–Crippen LogP) is 2.60. The van der Waals surface area contributed by atoms with Crippen LogP contribution in [0.3, 0.4) is 0 Å². The van der Waals surface area contributed by atoms with Gasteiger partial charge in [-0.1, -0.05) is 11.6 Å². The summed E-state index contributed by atoms with van der Waals surface area (Å²) in [5, 5.41) is 0. The molecule has 0 amide bonds. The van der Waals surface area contributed by atoms with Crippen molar-refractivity contribution < 1.29 is 22.6 Å². The first-order chi connectivity index (χ1) is 12.5. The van der Waals surface area contributed by atoms with Gasteiger partial charge < -0.3 is 14.2 Å². The molecule has 1 aliphatic rings. The van der Waals surface area contributed by atoms with E-state index in [9.17, 15) is 8.42 Å².